The van der Waals surface area contributed by atoms with Crippen molar-refractivity contribution < 1.29 is 14.3 Å². The summed E-state index contributed by atoms with van der Waals surface area (Å²) in [6.45, 7) is 5.72. The average Bonchev–Trinajstić information content (AvgIpc) is 2.84. The van der Waals surface area contributed by atoms with Gasteiger partial charge in [0.05, 0.1) is 6.61 Å². The minimum absolute atomic E-state index is 0.0992. The predicted molar refractivity (Wildman–Crippen MR) is 93.5 cm³/mol. The van der Waals surface area contributed by atoms with Crippen LogP contribution in [0.2, 0.25) is 0 Å². The number of rotatable bonds is 1. The average molecular weight is 332 g/mol. The van der Waals surface area contributed by atoms with Crippen LogP contribution >= 0.6 is 0 Å². The molecule has 3 heteroatoms. The molecule has 0 aromatic rings. The molecule has 1 heterocycles. The zero-order valence-corrected chi connectivity index (χ0v) is 15.3. The maximum absolute atomic E-state index is 11.5. The van der Waals surface area contributed by atoms with Crippen molar-refractivity contribution in [1.82, 2.24) is 0 Å². The molecule has 0 spiro atoms. The number of allylic oxidation sites excluding steroid dienone is 1. The number of carbonyl (C=O) groups excluding carboxylic acids is 1. The van der Waals surface area contributed by atoms with E-state index in [1.165, 1.54) is 44.9 Å². The van der Waals surface area contributed by atoms with Crippen molar-refractivity contribution in [3.63, 3.8) is 0 Å². The van der Waals surface area contributed by atoms with Gasteiger partial charge in [-0.15, -0.1) is 0 Å². The van der Waals surface area contributed by atoms with Gasteiger partial charge in [-0.1, -0.05) is 18.6 Å². The van der Waals surface area contributed by atoms with Crippen molar-refractivity contribution in [3.8, 4) is 0 Å². The van der Waals surface area contributed by atoms with Crippen LogP contribution in [0.4, 0.5) is 0 Å². The maximum atomic E-state index is 11.5. The zero-order chi connectivity index (χ0) is 16.7. The Morgan fingerprint density at radius 3 is 2.92 bits per heavy atom. The summed E-state index contributed by atoms with van der Waals surface area (Å²) in [6.07, 6.45) is 12.5. The third-order valence-corrected chi connectivity index (χ3v) is 7.74. The minimum atomic E-state index is -0.0992. The van der Waals surface area contributed by atoms with E-state index >= 15 is 0 Å². The lowest BCUT2D eigenvalue weighted by molar-refractivity contribution is -0.156. The Morgan fingerprint density at radius 1 is 1.21 bits per heavy atom. The summed E-state index contributed by atoms with van der Waals surface area (Å²) >= 11 is 0. The molecule has 4 aliphatic rings. The SMILES string of the molecule is CC(=O)OC1CCC2C3CCC4=CCOCCCC4C3CCC12C. The number of fused-ring (bicyclic) bond motifs is 5. The first-order valence-electron chi connectivity index (χ1n) is 10.0. The second-order valence-corrected chi connectivity index (χ2v) is 8.80. The molecule has 6 atom stereocenters. The molecule has 134 valence electrons. The molecular weight excluding hydrogens is 300 g/mol. The van der Waals surface area contributed by atoms with Crippen molar-refractivity contribution in [3.05, 3.63) is 11.6 Å². The van der Waals surface area contributed by atoms with E-state index < -0.39 is 0 Å². The van der Waals surface area contributed by atoms with Crippen LogP contribution in [0.1, 0.15) is 65.2 Å². The second-order valence-electron chi connectivity index (χ2n) is 8.80. The molecule has 0 aromatic carbocycles. The topological polar surface area (TPSA) is 35.5 Å². The van der Waals surface area contributed by atoms with Gasteiger partial charge in [0.2, 0.25) is 0 Å². The zero-order valence-electron chi connectivity index (χ0n) is 15.3. The van der Waals surface area contributed by atoms with Gasteiger partial charge in [-0.2, -0.15) is 0 Å². The van der Waals surface area contributed by atoms with Gasteiger partial charge < -0.3 is 9.47 Å². The van der Waals surface area contributed by atoms with Gasteiger partial charge in [0.25, 0.3) is 0 Å². The highest BCUT2D eigenvalue weighted by atomic mass is 16.5. The summed E-state index contributed by atoms with van der Waals surface area (Å²) in [5, 5.41) is 0. The third-order valence-electron chi connectivity index (χ3n) is 7.74. The van der Waals surface area contributed by atoms with Crippen LogP contribution in [0.25, 0.3) is 0 Å². The smallest absolute Gasteiger partial charge is 0.302 e. The van der Waals surface area contributed by atoms with Gasteiger partial charge in [-0.3, -0.25) is 4.79 Å². The number of hydrogen-bond acceptors (Lipinski definition) is 3. The van der Waals surface area contributed by atoms with E-state index in [9.17, 15) is 4.79 Å². The highest BCUT2D eigenvalue weighted by Gasteiger charge is 2.57. The molecule has 0 radical (unpaired) electrons. The molecule has 1 aliphatic heterocycles. The lowest BCUT2D eigenvalue weighted by Crippen LogP contribution is -2.48. The molecular formula is C21H32O3. The van der Waals surface area contributed by atoms with Crippen LogP contribution in [0.15, 0.2) is 11.6 Å². The number of esters is 1. The third kappa shape index (κ3) is 2.73. The van der Waals surface area contributed by atoms with Gasteiger partial charge in [-0.25, -0.2) is 0 Å². The highest BCUT2D eigenvalue weighted by Crippen LogP contribution is 2.62. The standard InChI is InChI=1S/C21H32O3/c1-14(22)24-20-8-7-19-18-6-5-15-10-13-23-12-3-4-16(15)17(18)9-11-21(19,20)2/h10,16-20H,3-9,11-13H2,1-2H3. The Labute approximate surface area is 146 Å². The van der Waals surface area contributed by atoms with Gasteiger partial charge >= 0.3 is 5.97 Å². The second kappa shape index (κ2) is 6.48. The summed E-state index contributed by atoms with van der Waals surface area (Å²) in [5.41, 5.74) is 1.91. The molecule has 4 rings (SSSR count). The first-order valence-corrected chi connectivity index (χ1v) is 10.0. The van der Waals surface area contributed by atoms with Gasteiger partial charge in [-0.05, 0) is 75.0 Å². The number of hydrogen-bond donors (Lipinski definition) is 0. The summed E-state index contributed by atoms with van der Waals surface area (Å²) in [5.74, 6) is 3.15. The Kier molecular flexibility index (Phi) is 4.49. The van der Waals surface area contributed by atoms with E-state index in [1.807, 2.05) is 0 Å². The molecule has 0 bridgehead atoms. The Bertz CT molecular complexity index is 525. The van der Waals surface area contributed by atoms with Crippen LogP contribution in [0.3, 0.4) is 0 Å². The van der Waals surface area contributed by atoms with Crippen LogP contribution in [-0.4, -0.2) is 25.3 Å². The largest absolute Gasteiger partial charge is 0.462 e. The molecule has 24 heavy (non-hydrogen) atoms. The van der Waals surface area contributed by atoms with Crippen LogP contribution < -0.4 is 0 Å². The fourth-order valence-corrected chi connectivity index (χ4v) is 6.68. The van der Waals surface area contributed by atoms with Crippen LogP contribution in [0, 0.1) is 29.1 Å². The first kappa shape index (κ1) is 16.6. The summed E-state index contributed by atoms with van der Waals surface area (Å²) in [7, 11) is 0. The number of ether oxygens (including phenoxy) is 2. The van der Waals surface area contributed by atoms with Gasteiger partial charge in [0, 0.05) is 18.9 Å². The molecule has 0 N–H and O–H groups in total. The van der Waals surface area contributed by atoms with E-state index in [0.29, 0.717) is 0 Å². The maximum Gasteiger partial charge on any atom is 0.302 e. The lowest BCUT2D eigenvalue weighted by atomic mass is 9.52. The van der Waals surface area contributed by atoms with E-state index in [2.05, 4.69) is 13.0 Å². The molecule has 3 nitrogen and oxygen atoms in total. The fourth-order valence-electron chi connectivity index (χ4n) is 6.68. The normalized spacial score (nSPS) is 45.1. The monoisotopic (exact) mass is 332 g/mol. The highest BCUT2D eigenvalue weighted by molar-refractivity contribution is 5.66. The van der Waals surface area contributed by atoms with E-state index in [-0.39, 0.29) is 17.5 Å². The lowest BCUT2D eigenvalue weighted by Gasteiger charge is -2.53. The van der Waals surface area contributed by atoms with Crippen molar-refractivity contribution in [2.45, 2.75) is 71.3 Å². The quantitative estimate of drug-likeness (QED) is 0.523. The summed E-state index contributed by atoms with van der Waals surface area (Å²) in [6, 6.07) is 0. The molecule has 0 saturated heterocycles. The first-order chi connectivity index (χ1) is 11.6. The summed E-state index contributed by atoms with van der Waals surface area (Å²) in [4.78, 5) is 11.5. The van der Waals surface area contributed by atoms with Crippen LogP contribution in [-0.2, 0) is 14.3 Å². The minimum Gasteiger partial charge on any atom is -0.462 e. The van der Waals surface area contributed by atoms with E-state index in [1.54, 1.807) is 12.5 Å². The van der Waals surface area contributed by atoms with Crippen molar-refractivity contribution in [2.24, 2.45) is 29.1 Å². The molecule has 0 amide bonds. The molecule has 3 aliphatic carbocycles. The number of carbonyl (C=O) groups is 1. The van der Waals surface area contributed by atoms with Gasteiger partial charge in [0.15, 0.2) is 0 Å². The van der Waals surface area contributed by atoms with E-state index in [4.69, 9.17) is 9.47 Å². The Hall–Kier alpha value is -0.830. The Morgan fingerprint density at radius 2 is 2.08 bits per heavy atom. The van der Waals surface area contributed by atoms with Crippen molar-refractivity contribution >= 4 is 5.97 Å². The molecule has 3 fully saturated rings. The Balaban J connectivity index is 1.56. The molecule has 6 unspecified atom stereocenters. The van der Waals surface area contributed by atoms with Gasteiger partial charge in [0.1, 0.15) is 6.10 Å². The van der Waals surface area contributed by atoms with Crippen molar-refractivity contribution in [2.75, 3.05) is 13.2 Å². The van der Waals surface area contributed by atoms with Crippen LogP contribution in [0.5, 0.6) is 0 Å². The molecule has 0 aromatic heterocycles. The van der Waals surface area contributed by atoms with Crippen molar-refractivity contribution in [1.29, 1.82) is 0 Å². The summed E-state index contributed by atoms with van der Waals surface area (Å²) < 4.78 is 11.4. The van der Waals surface area contributed by atoms with E-state index in [0.717, 1.165) is 43.3 Å². The predicted octanol–water partition coefficient (Wildman–Crippen LogP) is 4.51. The fraction of sp³-hybridized carbons (Fsp3) is 0.857. The molecule has 3 saturated carbocycles.